The van der Waals surface area contributed by atoms with Crippen LogP contribution in [-0.2, 0) is 19.3 Å². The van der Waals surface area contributed by atoms with Gasteiger partial charge in [-0.15, -0.1) is 0 Å². The molecule has 1 aromatic carbocycles. The molecule has 0 unspecified atom stereocenters. The van der Waals surface area contributed by atoms with Crippen molar-refractivity contribution in [3.63, 3.8) is 0 Å². The molecule has 3 aromatic rings. The van der Waals surface area contributed by atoms with Gasteiger partial charge in [0, 0.05) is 23.2 Å². The molecule has 25 heavy (non-hydrogen) atoms. The highest BCUT2D eigenvalue weighted by Crippen LogP contribution is 2.27. The van der Waals surface area contributed by atoms with Crippen molar-refractivity contribution in [2.75, 3.05) is 0 Å². The molecular formula is C14H9ClF4N4O2. The Morgan fingerprint density at radius 2 is 2.00 bits per heavy atom. The van der Waals surface area contributed by atoms with Gasteiger partial charge in [-0.2, -0.15) is 18.3 Å². The van der Waals surface area contributed by atoms with Crippen molar-refractivity contribution >= 4 is 11.6 Å². The molecule has 0 aliphatic carbocycles. The van der Waals surface area contributed by atoms with Crippen LogP contribution in [0.25, 0.3) is 0 Å². The van der Waals surface area contributed by atoms with Crippen molar-refractivity contribution in [1.82, 2.24) is 19.5 Å². The van der Waals surface area contributed by atoms with E-state index in [1.165, 1.54) is 18.2 Å². The lowest BCUT2D eigenvalue weighted by Gasteiger charge is -2.07. The fourth-order valence-corrected chi connectivity index (χ4v) is 2.39. The topological polar surface area (TPSA) is 65.8 Å². The Morgan fingerprint density at radius 3 is 2.64 bits per heavy atom. The molecule has 0 saturated heterocycles. The molecule has 0 radical (unpaired) electrons. The summed E-state index contributed by atoms with van der Waals surface area (Å²) in [5.41, 5.74) is -1.02. The maximum absolute atomic E-state index is 13.9. The number of hydrogen-bond acceptors (Lipinski definition) is 4. The SMILES string of the molecule is O=c1onc(Cc2c(F)cccc2Cl)n1Cn1ccc(C(F)(F)F)n1. The molecule has 0 N–H and O–H groups in total. The van der Waals surface area contributed by atoms with Gasteiger partial charge < -0.3 is 0 Å². The van der Waals surface area contributed by atoms with E-state index in [2.05, 4.69) is 14.8 Å². The third-order valence-electron chi connectivity index (χ3n) is 3.38. The minimum absolute atomic E-state index is 0.000980. The molecule has 2 aromatic heterocycles. The highest BCUT2D eigenvalue weighted by Gasteiger charge is 2.33. The lowest BCUT2D eigenvalue weighted by molar-refractivity contribution is -0.141. The van der Waals surface area contributed by atoms with Gasteiger partial charge in [-0.1, -0.05) is 22.8 Å². The molecule has 2 heterocycles. The van der Waals surface area contributed by atoms with E-state index in [1.807, 2.05) is 0 Å². The smallest absolute Gasteiger partial charge is 0.296 e. The molecule has 3 rings (SSSR count). The van der Waals surface area contributed by atoms with Crippen LogP contribution in [0.5, 0.6) is 0 Å². The fourth-order valence-electron chi connectivity index (χ4n) is 2.16. The molecule has 0 saturated carbocycles. The normalized spacial score (nSPS) is 11.9. The van der Waals surface area contributed by atoms with Gasteiger partial charge in [0.1, 0.15) is 12.5 Å². The first-order valence-electron chi connectivity index (χ1n) is 6.84. The molecule has 0 fully saturated rings. The molecule has 0 atom stereocenters. The van der Waals surface area contributed by atoms with Gasteiger partial charge in [-0.05, 0) is 18.2 Å². The van der Waals surface area contributed by atoms with Gasteiger partial charge in [0.25, 0.3) is 0 Å². The fraction of sp³-hybridized carbons (Fsp3) is 0.214. The van der Waals surface area contributed by atoms with Crippen LogP contribution in [0, 0.1) is 5.82 Å². The first-order chi connectivity index (χ1) is 11.8. The van der Waals surface area contributed by atoms with Crippen LogP contribution < -0.4 is 5.76 Å². The summed E-state index contributed by atoms with van der Waals surface area (Å²) < 4.78 is 58.0. The number of alkyl halides is 3. The minimum atomic E-state index is -4.60. The van der Waals surface area contributed by atoms with E-state index in [0.717, 1.165) is 21.5 Å². The number of nitrogens with zero attached hydrogens (tertiary/aromatic N) is 4. The maximum atomic E-state index is 13.9. The van der Waals surface area contributed by atoms with Crippen LogP contribution in [-0.4, -0.2) is 19.5 Å². The zero-order valence-electron chi connectivity index (χ0n) is 12.3. The van der Waals surface area contributed by atoms with Gasteiger partial charge in [-0.3, -0.25) is 9.20 Å². The Morgan fingerprint density at radius 1 is 1.24 bits per heavy atom. The van der Waals surface area contributed by atoms with Gasteiger partial charge in [0.2, 0.25) is 0 Å². The van der Waals surface area contributed by atoms with Crippen molar-refractivity contribution in [2.45, 2.75) is 19.3 Å². The van der Waals surface area contributed by atoms with E-state index in [0.29, 0.717) is 0 Å². The minimum Gasteiger partial charge on any atom is -0.296 e. The summed E-state index contributed by atoms with van der Waals surface area (Å²) >= 11 is 5.92. The highest BCUT2D eigenvalue weighted by atomic mass is 35.5. The van der Waals surface area contributed by atoms with Gasteiger partial charge in [0.15, 0.2) is 11.5 Å². The van der Waals surface area contributed by atoms with Gasteiger partial charge in [0.05, 0.1) is 0 Å². The largest absolute Gasteiger partial charge is 0.443 e. The molecule has 0 spiro atoms. The maximum Gasteiger partial charge on any atom is 0.443 e. The average Bonchev–Trinajstić information content (AvgIpc) is 3.12. The lowest BCUT2D eigenvalue weighted by atomic mass is 10.1. The van der Waals surface area contributed by atoms with Crippen LogP contribution in [0.2, 0.25) is 5.02 Å². The van der Waals surface area contributed by atoms with Gasteiger partial charge in [-0.25, -0.2) is 13.8 Å². The second-order valence-corrected chi connectivity index (χ2v) is 5.46. The van der Waals surface area contributed by atoms with Crippen LogP contribution in [0.15, 0.2) is 39.8 Å². The molecule has 6 nitrogen and oxygen atoms in total. The number of rotatable bonds is 4. The number of benzene rings is 1. The second kappa shape index (κ2) is 6.36. The van der Waals surface area contributed by atoms with Crippen molar-refractivity contribution in [1.29, 1.82) is 0 Å². The van der Waals surface area contributed by atoms with Crippen molar-refractivity contribution < 1.29 is 22.1 Å². The summed E-state index contributed by atoms with van der Waals surface area (Å²) in [6.07, 6.45) is -3.72. The van der Waals surface area contributed by atoms with E-state index < -0.39 is 23.4 Å². The van der Waals surface area contributed by atoms with E-state index in [4.69, 9.17) is 11.6 Å². The standard InChI is InChI=1S/C14H9ClF4N4O2/c15-9-2-1-3-10(16)8(9)6-12-21-25-13(24)23(12)7-22-5-4-11(20-22)14(17,18)19/h1-5H,6-7H2. The van der Waals surface area contributed by atoms with E-state index >= 15 is 0 Å². The number of halogens is 5. The molecule has 132 valence electrons. The third-order valence-corrected chi connectivity index (χ3v) is 3.73. The Balaban J connectivity index is 1.90. The number of hydrogen-bond donors (Lipinski definition) is 0. The molecule has 0 aliphatic heterocycles. The summed E-state index contributed by atoms with van der Waals surface area (Å²) in [7, 11) is 0. The first-order valence-corrected chi connectivity index (χ1v) is 7.22. The average molecular weight is 377 g/mol. The van der Waals surface area contributed by atoms with E-state index in [-0.39, 0.29) is 29.5 Å². The van der Waals surface area contributed by atoms with Crippen LogP contribution in [0.4, 0.5) is 17.6 Å². The molecular weight excluding hydrogens is 368 g/mol. The van der Waals surface area contributed by atoms with Crippen molar-refractivity contribution in [3.05, 3.63) is 68.9 Å². The Kier molecular flexibility index (Phi) is 4.38. The van der Waals surface area contributed by atoms with E-state index in [1.54, 1.807) is 0 Å². The summed E-state index contributed by atoms with van der Waals surface area (Å²) in [6.45, 7) is -0.375. The second-order valence-electron chi connectivity index (χ2n) is 5.05. The first kappa shape index (κ1) is 17.2. The molecule has 0 aliphatic rings. The molecule has 0 amide bonds. The highest BCUT2D eigenvalue weighted by molar-refractivity contribution is 6.31. The lowest BCUT2D eigenvalue weighted by Crippen LogP contribution is -2.22. The number of aromatic nitrogens is 4. The monoisotopic (exact) mass is 376 g/mol. The zero-order chi connectivity index (χ0) is 18.2. The Labute approximate surface area is 142 Å². The van der Waals surface area contributed by atoms with Gasteiger partial charge >= 0.3 is 11.9 Å². The predicted octanol–water partition coefficient (Wildman–Crippen LogP) is 2.94. The zero-order valence-corrected chi connectivity index (χ0v) is 13.1. The molecule has 0 bridgehead atoms. The summed E-state index contributed by atoms with van der Waals surface area (Å²) in [5.74, 6) is -1.51. The summed E-state index contributed by atoms with van der Waals surface area (Å²) in [4.78, 5) is 11.8. The summed E-state index contributed by atoms with van der Waals surface area (Å²) in [5, 5.41) is 7.00. The van der Waals surface area contributed by atoms with Crippen LogP contribution in [0.3, 0.4) is 0 Å². The van der Waals surface area contributed by atoms with Crippen molar-refractivity contribution in [2.24, 2.45) is 0 Å². The Bertz CT molecular complexity index is 940. The van der Waals surface area contributed by atoms with Crippen LogP contribution >= 0.6 is 11.6 Å². The van der Waals surface area contributed by atoms with Crippen LogP contribution in [0.1, 0.15) is 17.1 Å². The third kappa shape index (κ3) is 3.58. The van der Waals surface area contributed by atoms with E-state index in [9.17, 15) is 22.4 Å². The Hall–Kier alpha value is -2.62. The predicted molar refractivity (Wildman–Crippen MR) is 77.6 cm³/mol. The van der Waals surface area contributed by atoms with Crippen molar-refractivity contribution in [3.8, 4) is 0 Å². The molecule has 11 heteroatoms. The quantitative estimate of drug-likeness (QED) is 0.657. The summed E-state index contributed by atoms with van der Waals surface area (Å²) in [6, 6.07) is 4.84.